The molecule has 0 spiro atoms. The molecule has 0 amide bonds. The molecule has 0 bridgehead atoms. The Morgan fingerprint density at radius 2 is 1.68 bits per heavy atom. The van der Waals surface area contributed by atoms with Gasteiger partial charge in [-0.25, -0.2) is 4.98 Å². The maximum Gasteiger partial charge on any atom is 0.269 e. The van der Waals surface area contributed by atoms with E-state index in [2.05, 4.69) is 4.98 Å². The van der Waals surface area contributed by atoms with Gasteiger partial charge in [0.2, 0.25) is 0 Å². The number of benzene rings is 3. The topological polar surface area (TPSA) is 83.0 Å². The highest BCUT2D eigenvalue weighted by atomic mass is 35.5. The fraction of sp³-hybridized carbons (Fsp3) is 0.111. The summed E-state index contributed by atoms with van der Waals surface area (Å²) in [6, 6.07) is 20.8. The van der Waals surface area contributed by atoms with Crippen LogP contribution < -0.4 is 5.56 Å². The molecular formula is C27H21Cl3N4O3. The van der Waals surface area contributed by atoms with Crippen molar-refractivity contribution in [2.75, 3.05) is 0 Å². The minimum Gasteiger partial charge on any atom is -0.336 e. The lowest BCUT2D eigenvalue weighted by atomic mass is 9.86. The number of hydrogen-bond donors (Lipinski definition) is 0. The van der Waals surface area contributed by atoms with Crippen molar-refractivity contribution >= 4 is 52.2 Å². The van der Waals surface area contributed by atoms with E-state index in [9.17, 15) is 14.9 Å². The molecule has 3 aromatic carbocycles. The molecule has 188 valence electrons. The molecule has 0 aliphatic rings. The fourth-order valence-electron chi connectivity index (χ4n) is 4.53. The third kappa shape index (κ3) is 4.50. The predicted molar refractivity (Wildman–Crippen MR) is 149 cm³/mol. The first-order chi connectivity index (χ1) is 17.2. The van der Waals surface area contributed by atoms with E-state index in [1.54, 1.807) is 48.4 Å². The fourth-order valence-corrected chi connectivity index (χ4v) is 5.15. The Morgan fingerprint density at radius 3 is 2.30 bits per heavy atom. The zero-order valence-corrected chi connectivity index (χ0v) is 22.1. The van der Waals surface area contributed by atoms with E-state index in [0.717, 1.165) is 27.6 Å². The second kappa shape index (κ2) is 10.0. The zero-order chi connectivity index (χ0) is 25.6. The first-order valence-electron chi connectivity index (χ1n) is 11.0. The van der Waals surface area contributed by atoms with Crippen LogP contribution in [-0.4, -0.2) is 19.0 Å². The number of rotatable bonds is 5. The van der Waals surface area contributed by atoms with E-state index < -0.39 is 9.80 Å². The molecule has 0 radical (unpaired) electrons. The average Bonchev–Trinajstić information content (AvgIpc) is 3.31. The predicted octanol–water partition coefficient (Wildman–Crippen LogP) is 6.45. The van der Waals surface area contributed by atoms with Crippen LogP contribution in [0.15, 0.2) is 90.1 Å². The third-order valence-electron chi connectivity index (χ3n) is 6.43. The highest BCUT2D eigenvalue weighted by Crippen LogP contribution is 2.44. The molecule has 0 aliphatic carbocycles. The van der Waals surface area contributed by atoms with E-state index in [1.807, 2.05) is 48.0 Å². The molecule has 5 aromatic rings. The second-order valence-electron chi connectivity index (χ2n) is 8.55. The van der Waals surface area contributed by atoms with E-state index in [-0.39, 0.29) is 23.7 Å². The monoisotopic (exact) mass is 554 g/mol. The van der Waals surface area contributed by atoms with E-state index >= 15 is 0 Å². The minimum atomic E-state index is -1.21. The van der Waals surface area contributed by atoms with Crippen LogP contribution in [0.3, 0.4) is 0 Å². The van der Waals surface area contributed by atoms with Crippen LogP contribution in [0.4, 0.5) is 5.69 Å². The Bertz CT molecular complexity index is 1700. The first kappa shape index (κ1) is 26.4. The highest BCUT2D eigenvalue weighted by Gasteiger charge is 2.37. The summed E-state index contributed by atoms with van der Waals surface area (Å²) < 4.78 is 3.40. The molecule has 0 fully saturated rings. The van der Waals surface area contributed by atoms with Crippen LogP contribution in [0.1, 0.15) is 16.8 Å². The number of hydrogen-bond acceptors (Lipinski definition) is 4. The Morgan fingerprint density at radius 1 is 0.973 bits per heavy atom. The van der Waals surface area contributed by atoms with Crippen LogP contribution in [0.25, 0.3) is 22.0 Å². The van der Waals surface area contributed by atoms with Crippen LogP contribution in [0.5, 0.6) is 0 Å². The maximum atomic E-state index is 12.8. The van der Waals surface area contributed by atoms with Gasteiger partial charge in [0.15, 0.2) is 0 Å². The van der Waals surface area contributed by atoms with Gasteiger partial charge in [-0.3, -0.25) is 14.9 Å². The summed E-state index contributed by atoms with van der Waals surface area (Å²) in [5, 5.41) is 12.6. The molecule has 1 unspecified atom stereocenters. The number of fused-ring (bicyclic) bond motifs is 1. The van der Waals surface area contributed by atoms with Crippen LogP contribution in [0, 0.1) is 10.1 Å². The van der Waals surface area contributed by atoms with Gasteiger partial charge in [-0.05, 0) is 58.7 Å². The molecule has 1 atom stereocenters. The van der Waals surface area contributed by atoms with Crippen molar-refractivity contribution in [1.82, 2.24) is 14.1 Å². The number of aromatic nitrogens is 3. The van der Waals surface area contributed by atoms with E-state index in [0.29, 0.717) is 16.3 Å². The average molecular weight is 556 g/mol. The quantitative estimate of drug-likeness (QED) is 0.142. The highest BCUT2D eigenvalue weighted by molar-refractivity contribution is 6.31. The lowest BCUT2D eigenvalue weighted by molar-refractivity contribution is -0.384. The molecule has 37 heavy (non-hydrogen) atoms. The SMILES string of the molecule is Cl.Cn1cncc1C(Cl)(c1ccc([N+](=O)[O-])cc1)c1ccc2c(c1)c(-c1cccc(Cl)c1)cc(=O)n2C. The number of pyridine rings is 1. The second-order valence-corrected chi connectivity index (χ2v) is 9.55. The Hall–Kier alpha value is -3.65. The molecule has 2 aromatic heterocycles. The Kier molecular flexibility index (Phi) is 7.15. The molecule has 7 nitrogen and oxygen atoms in total. The lowest BCUT2D eigenvalue weighted by Gasteiger charge is -2.29. The zero-order valence-electron chi connectivity index (χ0n) is 19.8. The number of nitro groups is 1. The molecule has 2 heterocycles. The van der Waals surface area contributed by atoms with Gasteiger partial charge in [-0.1, -0.05) is 29.8 Å². The van der Waals surface area contributed by atoms with Gasteiger partial charge < -0.3 is 9.13 Å². The van der Waals surface area contributed by atoms with Crippen LogP contribution in [0.2, 0.25) is 5.02 Å². The summed E-state index contributed by atoms with van der Waals surface area (Å²) in [6.07, 6.45) is 3.33. The molecule has 0 aliphatic heterocycles. The maximum absolute atomic E-state index is 12.8. The summed E-state index contributed by atoms with van der Waals surface area (Å²) in [5.74, 6) is 0. The van der Waals surface area contributed by atoms with Gasteiger partial charge in [0.25, 0.3) is 11.2 Å². The Labute approximate surface area is 228 Å². The van der Waals surface area contributed by atoms with Crippen molar-refractivity contribution in [3.8, 4) is 11.1 Å². The van der Waals surface area contributed by atoms with Crippen molar-refractivity contribution < 1.29 is 4.92 Å². The summed E-state index contributed by atoms with van der Waals surface area (Å²) in [5.41, 5.74) is 4.13. The number of imidazole rings is 1. The number of non-ortho nitro benzene ring substituents is 1. The van der Waals surface area contributed by atoms with Crippen molar-refractivity contribution in [1.29, 1.82) is 0 Å². The van der Waals surface area contributed by atoms with E-state index in [4.69, 9.17) is 23.2 Å². The molecular weight excluding hydrogens is 535 g/mol. The first-order valence-corrected chi connectivity index (χ1v) is 11.8. The molecule has 0 saturated carbocycles. The van der Waals surface area contributed by atoms with E-state index in [1.165, 1.54) is 12.1 Å². The molecule has 0 saturated heterocycles. The van der Waals surface area contributed by atoms with Gasteiger partial charge >= 0.3 is 0 Å². The van der Waals surface area contributed by atoms with Crippen LogP contribution in [-0.2, 0) is 19.0 Å². The largest absolute Gasteiger partial charge is 0.336 e. The summed E-state index contributed by atoms with van der Waals surface area (Å²) in [6.45, 7) is 0. The van der Waals surface area contributed by atoms with Gasteiger partial charge in [0, 0.05) is 42.7 Å². The molecule has 0 N–H and O–H groups in total. The summed E-state index contributed by atoms with van der Waals surface area (Å²) in [7, 11) is 3.56. The normalized spacial score (nSPS) is 12.6. The minimum absolute atomic E-state index is 0. The van der Waals surface area contributed by atoms with Gasteiger partial charge in [-0.2, -0.15) is 0 Å². The number of halogens is 3. The van der Waals surface area contributed by atoms with Gasteiger partial charge in [-0.15, -0.1) is 24.0 Å². The third-order valence-corrected chi connectivity index (χ3v) is 7.29. The van der Waals surface area contributed by atoms with Gasteiger partial charge in [0.05, 0.1) is 28.7 Å². The molecule has 5 rings (SSSR count). The lowest BCUT2D eigenvalue weighted by Crippen LogP contribution is -2.25. The number of nitrogens with zero attached hydrogens (tertiary/aromatic N) is 4. The number of alkyl halides is 1. The standard InChI is InChI=1S/C27H20Cl2N4O3.ClH/c1-31-16-30-15-25(31)27(29,18-6-9-21(10-7-18)33(35)36)19-8-11-24-23(13-19)22(14-26(34)32(24)2)17-4-3-5-20(28)12-17;/h3-16H,1-2H3;1H. The van der Waals surface area contributed by atoms with Crippen molar-refractivity contribution in [3.05, 3.63) is 128 Å². The van der Waals surface area contributed by atoms with Crippen molar-refractivity contribution in [2.24, 2.45) is 14.1 Å². The van der Waals surface area contributed by atoms with Gasteiger partial charge in [0.1, 0.15) is 4.87 Å². The Balaban J connectivity index is 0.00000320. The summed E-state index contributed by atoms with van der Waals surface area (Å²) in [4.78, 5) is 26.6. The number of nitro benzene ring substituents is 1. The van der Waals surface area contributed by atoms with Crippen molar-refractivity contribution in [2.45, 2.75) is 4.87 Å². The van der Waals surface area contributed by atoms with Crippen LogP contribution >= 0.6 is 35.6 Å². The van der Waals surface area contributed by atoms with Crippen molar-refractivity contribution in [3.63, 3.8) is 0 Å². The summed E-state index contributed by atoms with van der Waals surface area (Å²) >= 11 is 13.7. The number of aryl methyl sites for hydroxylation is 2. The smallest absolute Gasteiger partial charge is 0.269 e. The molecule has 10 heteroatoms.